The van der Waals surface area contributed by atoms with Crippen LogP contribution in [0.4, 0.5) is 0 Å². The molecular weight excluding hydrogens is 308 g/mol. The Morgan fingerprint density at radius 3 is 2.26 bits per heavy atom. The van der Waals surface area contributed by atoms with E-state index in [0.29, 0.717) is 6.42 Å². The summed E-state index contributed by atoms with van der Waals surface area (Å²) < 4.78 is 2.69. The number of aromatic nitrogens is 2. The van der Waals surface area contributed by atoms with Crippen molar-refractivity contribution in [1.82, 2.24) is 9.78 Å². The molecule has 0 unspecified atom stereocenters. The number of aryl methyl sites for hydroxylation is 1. The van der Waals surface area contributed by atoms with Gasteiger partial charge in [-0.15, -0.1) is 0 Å². The van der Waals surface area contributed by atoms with Crippen LogP contribution in [0.2, 0.25) is 0 Å². The summed E-state index contributed by atoms with van der Waals surface area (Å²) in [4.78, 5) is 0. The quantitative estimate of drug-likeness (QED) is 0.879. The number of hydrogen-bond donors (Lipinski definition) is 2. The van der Waals surface area contributed by atoms with Gasteiger partial charge in [-0.1, -0.05) is 28.1 Å². The Morgan fingerprint density at radius 2 is 1.79 bits per heavy atom. The van der Waals surface area contributed by atoms with Crippen LogP contribution in [0, 0.1) is 0 Å². The molecule has 102 valence electrons. The lowest BCUT2D eigenvalue weighted by atomic mass is 9.78. The molecule has 1 heterocycles. The molecule has 19 heavy (non-hydrogen) atoms. The smallest absolute Gasteiger partial charge is 0.0635 e. The van der Waals surface area contributed by atoms with Gasteiger partial charge in [0.15, 0.2) is 0 Å². The highest BCUT2D eigenvalue weighted by Crippen LogP contribution is 2.28. The fourth-order valence-electron chi connectivity index (χ4n) is 2.15. The van der Waals surface area contributed by atoms with Crippen LogP contribution >= 0.6 is 15.9 Å². The van der Waals surface area contributed by atoms with Crippen LogP contribution in [0.5, 0.6) is 0 Å². The Hall–Kier alpha value is -1.17. The van der Waals surface area contributed by atoms with Crippen molar-refractivity contribution < 1.29 is 10.2 Å². The molecule has 0 radical (unpaired) electrons. The summed E-state index contributed by atoms with van der Waals surface area (Å²) in [5, 5.41) is 23.8. The lowest BCUT2D eigenvalue weighted by molar-refractivity contribution is 0.115. The van der Waals surface area contributed by atoms with E-state index in [2.05, 4.69) is 21.0 Å². The van der Waals surface area contributed by atoms with Gasteiger partial charge in [0, 0.05) is 29.6 Å². The van der Waals surface area contributed by atoms with E-state index in [0.717, 1.165) is 15.7 Å². The van der Waals surface area contributed by atoms with Crippen molar-refractivity contribution in [3.8, 4) is 0 Å². The second kappa shape index (κ2) is 5.86. The summed E-state index contributed by atoms with van der Waals surface area (Å²) >= 11 is 3.39. The zero-order valence-corrected chi connectivity index (χ0v) is 12.3. The van der Waals surface area contributed by atoms with Crippen LogP contribution < -0.4 is 0 Å². The van der Waals surface area contributed by atoms with E-state index in [1.165, 1.54) is 0 Å². The number of aliphatic hydroxyl groups excluding tert-OH is 2. The van der Waals surface area contributed by atoms with Gasteiger partial charge in [0.2, 0.25) is 0 Å². The van der Waals surface area contributed by atoms with Crippen LogP contribution in [0.3, 0.4) is 0 Å². The largest absolute Gasteiger partial charge is 0.395 e. The van der Waals surface area contributed by atoms with Gasteiger partial charge in [-0.25, -0.2) is 0 Å². The number of nitrogens with zero attached hydrogens (tertiary/aromatic N) is 2. The van der Waals surface area contributed by atoms with Crippen molar-refractivity contribution in [3.05, 3.63) is 52.3 Å². The minimum atomic E-state index is -0.699. The van der Waals surface area contributed by atoms with Gasteiger partial charge in [-0.05, 0) is 23.8 Å². The minimum Gasteiger partial charge on any atom is -0.395 e. The third-order valence-electron chi connectivity index (χ3n) is 3.35. The first-order valence-corrected chi connectivity index (χ1v) is 6.85. The predicted octanol–water partition coefficient (Wildman–Crippen LogP) is 1.65. The maximum absolute atomic E-state index is 9.76. The van der Waals surface area contributed by atoms with E-state index in [4.69, 9.17) is 0 Å². The van der Waals surface area contributed by atoms with Crippen LogP contribution in [-0.4, -0.2) is 33.2 Å². The summed E-state index contributed by atoms with van der Waals surface area (Å²) in [7, 11) is 1.85. The average molecular weight is 325 g/mol. The lowest BCUT2D eigenvalue weighted by Crippen LogP contribution is -2.37. The van der Waals surface area contributed by atoms with E-state index in [9.17, 15) is 10.2 Å². The second-order valence-electron chi connectivity index (χ2n) is 4.76. The molecule has 2 N–H and O–H groups in total. The number of benzene rings is 1. The molecule has 0 bridgehead atoms. The second-order valence-corrected chi connectivity index (χ2v) is 5.68. The maximum Gasteiger partial charge on any atom is 0.0635 e. The van der Waals surface area contributed by atoms with E-state index in [-0.39, 0.29) is 13.2 Å². The highest BCUT2D eigenvalue weighted by molar-refractivity contribution is 9.10. The highest BCUT2D eigenvalue weighted by Gasteiger charge is 2.32. The monoisotopic (exact) mass is 324 g/mol. The van der Waals surface area contributed by atoms with E-state index >= 15 is 0 Å². The van der Waals surface area contributed by atoms with Crippen molar-refractivity contribution in [2.75, 3.05) is 13.2 Å². The maximum atomic E-state index is 9.76. The van der Waals surface area contributed by atoms with Crippen LogP contribution in [-0.2, 0) is 18.9 Å². The zero-order valence-electron chi connectivity index (χ0n) is 10.8. The van der Waals surface area contributed by atoms with E-state index in [1.54, 1.807) is 4.68 Å². The first-order chi connectivity index (χ1) is 9.09. The zero-order chi connectivity index (χ0) is 13.9. The Labute approximate surface area is 120 Å². The Kier molecular flexibility index (Phi) is 4.39. The SMILES string of the molecule is Cn1ccc(CC(CO)(CO)c2ccc(Br)cc2)n1. The van der Waals surface area contributed by atoms with Crippen molar-refractivity contribution in [2.45, 2.75) is 11.8 Å². The van der Waals surface area contributed by atoms with Crippen LogP contribution in [0.1, 0.15) is 11.3 Å². The molecule has 2 rings (SSSR count). The molecule has 0 saturated carbocycles. The molecule has 4 nitrogen and oxygen atoms in total. The molecular formula is C14H17BrN2O2. The van der Waals surface area contributed by atoms with Gasteiger partial charge in [-0.3, -0.25) is 4.68 Å². The fraction of sp³-hybridized carbons (Fsp3) is 0.357. The molecule has 0 fully saturated rings. The predicted molar refractivity (Wildman–Crippen MR) is 76.9 cm³/mol. The summed E-state index contributed by atoms with van der Waals surface area (Å²) in [6.07, 6.45) is 2.36. The van der Waals surface area contributed by atoms with E-state index < -0.39 is 5.41 Å². The number of halogens is 1. The standard InChI is InChI=1S/C14H17BrN2O2/c1-17-7-6-13(16-17)8-14(9-18,10-19)11-2-4-12(15)5-3-11/h2-7,18-19H,8-10H2,1H3. The van der Waals surface area contributed by atoms with Crippen molar-refractivity contribution in [2.24, 2.45) is 7.05 Å². The average Bonchev–Trinajstić information content (AvgIpc) is 2.82. The molecule has 0 aliphatic heterocycles. The molecule has 0 spiro atoms. The van der Waals surface area contributed by atoms with Crippen LogP contribution in [0.15, 0.2) is 41.0 Å². The molecule has 2 aromatic rings. The Bertz CT molecular complexity index is 533. The fourth-order valence-corrected chi connectivity index (χ4v) is 2.42. The number of hydrogen-bond acceptors (Lipinski definition) is 3. The first-order valence-electron chi connectivity index (χ1n) is 6.06. The molecule has 5 heteroatoms. The van der Waals surface area contributed by atoms with Gasteiger partial charge >= 0.3 is 0 Å². The van der Waals surface area contributed by atoms with E-state index in [1.807, 2.05) is 43.6 Å². The molecule has 1 aromatic heterocycles. The third kappa shape index (κ3) is 3.05. The molecule has 0 saturated heterocycles. The molecule has 0 aliphatic carbocycles. The van der Waals surface area contributed by atoms with Gasteiger partial charge in [0.1, 0.15) is 0 Å². The Balaban J connectivity index is 2.33. The normalized spacial score (nSPS) is 11.8. The summed E-state index contributed by atoms with van der Waals surface area (Å²) in [5.74, 6) is 0. The highest BCUT2D eigenvalue weighted by atomic mass is 79.9. The summed E-state index contributed by atoms with van der Waals surface area (Å²) in [6.45, 7) is -0.247. The van der Waals surface area contributed by atoms with Crippen molar-refractivity contribution in [3.63, 3.8) is 0 Å². The van der Waals surface area contributed by atoms with Gasteiger partial charge in [0.25, 0.3) is 0 Å². The Morgan fingerprint density at radius 1 is 1.16 bits per heavy atom. The van der Waals surface area contributed by atoms with Crippen LogP contribution in [0.25, 0.3) is 0 Å². The lowest BCUT2D eigenvalue weighted by Gasteiger charge is -2.29. The number of rotatable bonds is 5. The third-order valence-corrected chi connectivity index (χ3v) is 3.88. The minimum absolute atomic E-state index is 0.123. The summed E-state index contributed by atoms with van der Waals surface area (Å²) in [6, 6.07) is 9.56. The molecule has 1 aromatic carbocycles. The topological polar surface area (TPSA) is 58.3 Å². The van der Waals surface area contributed by atoms with Gasteiger partial charge < -0.3 is 10.2 Å². The molecule has 0 amide bonds. The van der Waals surface area contributed by atoms with Gasteiger partial charge in [0.05, 0.1) is 18.9 Å². The van der Waals surface area contributed by atoms with Crippen molar-refractivity contribution in [1.29, 1.82) is 0 Å². The first kappa shape index (κ1) is 14.2. The summed E-state index contributed by atoms with van der Waals surface area (Å²) in [5.41, 5.74) is 1.06. The molecule has 0 aliphatic rings. The molecule has 0 atom stereocenters. The van der Waals surface area contributed by atoms with Gasteiger partial charge in [-0.2, -0.15) is 5.10 Å². The number of aliphatic hydroxyl groups is 2. The van der Waals surface area contributed by atoms with Crippen molar-refractivity contribution >= 4 is 15.9 Å².